The molecule has 2 aromatic rings. The standard InChI is InChI=1S/C13H8F2O3.C5H14NO/c14-8-2-3-9(11(15)6-8)7-1-4-12(16)10(5-7)13(17)18;1-6(2,3)4-5-7/h1-6,16H,(H,17,18);7H,4-5H2,1-3H3/q;+1. The number of likely N-dealkylation sites (N-methyl/N-ethyl adjacent to an activating group) is 1. The van der Waals surface area contributed by atoms with Crippen LogP contribution in [0.4, 0.5) is 8.78 Å². The predicted octanol–water partition coefficient (Wildman–Crippen LogP) is 2.72. The summed E-state index contributed by atoms with van der Waals surface area (Å²) in [7, 11) is 6.16. The smallest absolute Gasteiger partial charge is 0.339 e. The van der Waals surface area contributed by atoms with E-state index in [9.17, 15) is 18.7 Å². The van der Waals surface area contributed by atoms with Crippen LogP contribution in [0, 0.1) is 11.6 Å². The first-order valence-electron chi connectivity index (χ1n) is 7.48. The van der Waals surface area contributed by atoms with E-state index in [2.05, 4.69) is 21.1 Å². The van der Waals surface area contributed by atoms with Crippen LogP contribution in [-0.2, 0) is 0 Å². The molecule has 0 heterocycles. The van der Waals surface area contributed by atoms with Crippen LogP contribution in [0.15, 0.2) is 36.4 Å². The van der Waals surface area contributed by atoms with Crippen LogP contribution in [0.5, 0.6) is 5.75 Å². The number of aromatic hydroxyl groups is 1. The van der Waals surface area contributed by atoms with Crippen LogP contribution in [-0.4, -0.2) is 60.1 Å². The second-order valence-corrected chi connectivity index (χ2v) is 6.40. The number of quaternary nitrogens is 1. The molecule has 0 saturated carbocycles. The lowest BCUT2D eigenvalue weighted by Gasteiger charge is -2.21. The van der Waals surface area contributed by atoms with E-state index in [0.29, 0.717) is 6.07 Å². The van der Waals surface area contributed by atoms with Crippen LogP contribution in [0.25, 0.3) is 11.1 Å². The maximum Gasteiger partial charge on any atom is 0.339 e. The van der Waals surface area contributed by atoms with Gasteiger partial charge in [0.1, 0.15) is 29.5 Å². The van der Waals surface area contributed by atoms with Crippen molar-refractivity contribution in [2.45, 2.75) is 0 Å². The normalized spacial score (nSPS) is 10.8. The summed E-state index contributed by atoms with van der Waals surface area (Å²) in [5.74, 6) is -3.24. The number of benzene rings is 2. The Bertz CT molecular complexity index is 742. The van der Waals surface area contributed by atoms with Crippen molar-refractivity contribution in [2.24, 2.45) is 0 Å². The van der Waals surface area contributed by atoms with E-state index in [1.165, 1.54) is 12.1 Å². The summed E-state index contributed by atoms with van der Waals surface area (Å²) < 4.78 is 27.1. The fourth-order valence-electron chi connectivity index (χ4n) is 1.90. The van der Waals surface area contributed by atoms with Gasteiger partial charge >= 0.3 is 5.97 Å². The van der Waals surface area contributed by atoms with Gasteiger partial charge in [-0.2, -0.15) is 0 Å². The molecule has 0 aliphatic heterocycles. The molecule has 0 aliphatic rings. The molecule has 0 saturated heterocycles. The summed E-state index contributed by atoms with van der Waals surface area (Å²) in [5, 5.41) is 26.6. The predicted molar refractivity (Wildman–Crippen MR) is 90.4 cm³/mol. The molecule has 3 N–H and O–H groups in total. The number of carbonyl (C=O) groups is 1. The van der Waals surface area contributed by atoms with Gasteiger partial charge in [0.15, 0.2) is 0 Å². The highest BCUT2D eigenvalue weighted by molar-refractivity contribution is 5.92. The van der Waals surface area contributed by atoms with Crippen molar-refractivity contribution < 1.29 is 33.4 Å². The summed E-state index contributed by atoms with van der Waals surface area (Å²) in [5.41, 5.74) is -0.0159. The molecule has 5 nitrogen and oxygen atoms in total. The Hall–Kier alpha value is -2.51. The Labute approximate surface area is 145 Å². The number of aromatic carboxylic acids is 1. The summed E-state index contributed by atoms with van der Waals surface area (Å²) in [6, 6.07) is 6.64. The topological polar surface area (TPSA) is 77.8 Å². The molecule has 0 unspecified atom stereocenters. The number of aliphatic hydroxyl groups excluding tert-OH is 1. The van der Waals surface area contributed by atoms with Gasteiger partial charge in [-0.3, -0.25) is 0 Å². The summed E-state index contributed by atoms with van der Waals surface area (Å²) in [6.07, 6.45) is 0. The Morgan fingerprint density at radius 3 is 2.16 bits per heavy atom. The molecule has 7 heteroatoms. The first-order chi connectivity index (χ1) is 11.5. The van der Waals surface area contributed by atoms with Crippen LogP contribution >= 0.6 is 0 Å². The van der Waals surface area contributed by atoms with Crippen molar-refractivity contribution in [3.05, 3.63) is 53.6 Å². The molecular formula is C18H22F2NO4+. The van der Waals surface area contributed by atoms with Crippen molar-refractivity contribution in [3.8, 4) is 16.9 Å². The largest absolute Gasteiger partial charge is 0.507 e. The Morgan fingerprint density at radius 2 is 1.72 bits per heavy atom. The number of nitrogens with zero attached hydrogens (tertiary/aromatic N) is 1. The molecule has 0 aliphatic carbocycles. The molecule has 136 valence electrons. The summed E-state index contributed by atoms with van der Waals surface area (Å²) in [4.78, 5) is 10.8. The van der Waals surface area contributed by atoms with Gasteiger partial charge in [0.2, 0.25) is 0 Å². The number of halogens is 2. The minimum absolute atomic E-state index is 0.0684. The van der Waals surface area contributed by atoms with E-state index in [4.69, 9.17) is 10.2 Å². The quantitative estimate of drug-likeness (QED) is 0.738. The van der Waals surface area contributed by atoms with E-state index in [-0.39, 0.29) is 23.3 Å². The first-order valence-corrected chi connectivity index (χ1v) is 7.48. The average Bonchev–Trinajstić information content (AvgIpc) is 2.47. The minimum atomic E-state index is -1.32. The van der Waals surface area contributed by atoms with Crippen molar-refractivity contribution in [3.63, 3.8) is 0 Å². The second-order valence-electron chi connectivity index (χ2n) is 6.40. The highest BCUT2D eigenvalue weighted by atomic mass is 19.1. The Kier molecular flexibility index (Phi) is 7.02. The Morgan fingerprint density at radius 1 is 1.08 bits per heavy atom. The SMILES string of the molecule is C[N+](C)(C)CCO.O=C(O)c1cc(-c2ccc(F)cc2F)ccc1O. The molecule has 2 rings (SSSR count). The number of carboxylic acid groups (broad SMARTS) is 1. The van der Waals surface area contributed by atoms with Gasteiger partial charge in [-0.15, -0.1) is 0 Å². The fraction of sp³-hybridized carbons (Fsp3) is 0.278. The maximum atomic E-state index is 13.5. The zero-order valence-corrected chi connectivity index (χ0v) is 14.3. The third-order valence-corrected chi connectivity index (χ3v) is 3.24. The molecular weight excluding hydrogens is 332 g/mol. The van der Waals surface area contributed by atoms with Gasteiger partial charge in [-0.1, -0.05) is 6.07 Å². The van der Waals surface area contributed by atoms with Gasteiger partial charge in [0.05, 0.1) is 27.7 Å². The molecule has 2 aromatic carbocycles. The number of aliphatic hydroxyl groups is 1. The molecule has 25 heavy (non-hydrogen) atoms. The van der Waals surface area contributed by atoms with Gasteiger partial charge in [0.25, 0.3) is 0 Å². The molecule has 0 spiro atoms. The zero-order chi connectivity index (χ0) is 19.2. The van der Waals surface area contributed by atoms with Crippen LogP contribution in [0.3, 0.4) is 0 Å². The molecule has 0 bridgehead atoms. The lowest BCUT2D eigenvalue weighted by atomic mass is 10.0. The Balaban J connectivity index is 0.000000381. The highest BCUT2D eigenvalue weighted by Crippen LogP contribution is 2.28. The van der Waals surface area contributed by atoms with Crippen LogP contribution < -0.4 is 0 Å². The van der Waals surface area contributed by atoms with Gasteiger partial charge in [-0.25, -0.2) is 13.6 Å². The molecule has 0 atom stereocenters. The number of hydrogen-bond acceptors (Lipinski definition) is 3. The van der Waals surface area contributed by atoms with Gasteiger partial charge in [0, 0.05) is 11.6 Å². The van der Waals surface area contributed by atoms with Gasteiger partial charge in [-0.05, 0) is 29.8 Å². The number of rotatable bonds is 4. The first kappa shape index (κ1) is 20.5. The van der Waals surface area contributed by atoms with Crippen molar-refractivity contribution in [1.29, 1.82) is 0 Å². The molecule has 0 aromatic heterocycles. The van der Waals surface area contributed by atoms with E-state index in [1.54, 1.807) is 0 Å². The van der Waals surface area contributed by atoms with Crippen LogP contribution in [0.2, 0.25) is 0 Å². The minimum Gasteiger partial charge on any atom is -0.507 e. The van der Waals surface area contributed by atoms with E-state index in [1.807, 2.05) is 0 Å². The van der Waals surface area contributed by atoms with Crippen molar-refractivity contribution in [1.82, 2.24) is 0 Å². The monoisotopic (exact) mass is 354 g/mol. The fourth-order valence-corrected chi connectivity index (χ4v) is 1.90. The number of carboxylic acids is 1. The third kappa shape index (κ3) is 6.48. The zero-order valence-electron chi connectivity index (χ0n) is 14.3. The van der Waals surface area contributed by atoms with Crippen LogP contribution in [0.1, 0.15) is 10.4 Å². The van der Waals surface area contributed by atoms with E-state index < -0.39 is 23.4 Å². The number of hydrogen-bond donors (Lipinski definition) is 3. The molecule has 0 radical (unpaired) electrons. The second kappa shape index (κ2) is 8.55. The van der Waals surface area contributed by atoms with E-state index in [0.717, 1.165) is 29.2 Å². The van der Waals surface area contributed by atoms with Crippen molar-refractivity contribution in [2.75, 3.05) is 34.3 Å². The third-order valence-electron chi connectivity index (χ3n) is 3.24. The molecule has 0 fully saturated rings. The van der Waals surface area contributed by atoms with E-state index >= 15 is 0 Å². The highest BCUT2D eigenvalue weighted by Gasteiger charge is 2.13. The maximum absolute atomic E-state index is 13.5. The average molecular weight is 354 g/mol. The lowest BCUT2D eigenvalue weighted by molar-refractivity contribution is -0.870. The summed E-state index contributed by atoms with van der Waals surface area (Å²) in [6.45, 7) is 1.11. The van der Waals surface area contributed by atoms with Gasteiger partial charge < -0.3 is 19.8 Å². The summed E-state index contributed by atoms with van der Waals surface area (Å²) >= 11 is 0. The number of phenols is 1. The lowest BCUT2D eigenvalue weighted by Crippen LogP contribution is -2.36. The molecule has 0 amide bonds. The van der Waals surface area contributed by atoms with Crippen molar-refractivity contribution >= 4 is 5.97 Å².